The van der Waals surface area contributed by atoms with Gasteiger partial charge in [0.2, 0.25) is 11.7 Å². The number of rotatable bonds is 10. The number of benzene rings is 2. The lowest BCUT2D eigenvalue weighted by molar-refractivity contribution is -0.131. The number of carbonyl (C=O) groups excluding carboxylic acids is 1. The quantitative estimate of drug-likeness (QED) is 0.608. The Bertz CT molecular complexity index is 856. The molecule has 0 radical (unpaired) electrons. The van der Waals surface area contributed by atoms with Crippen molar-refractivity contribution in [2.75, 3.05) is 27.9 Å². The number of methoxy groups -OCH3 is 3. The van der Waals surface area contributed by atoms with Crippen molar-refractivity contribution in [2.24, 2.45) is 0 Å². The van der Waals surface area contributed by atoms with Crippen molar-refractivity contribution in [3.8, 4) is 23.3 Å². The molecular weight excluding hydrogens is 368 g/mol. The third kappa shape index (κ3) is 5.64. The van der Waals surface area contributed by atoms with Crippen molar-refractivity contribution in [3.05, 3.63) is 53.1 Å². The Morgan fingerprint density at radius 1 is 1.00 bits per heavy atom. The predicted octanol–water partition coefficient (Wildman–Crippen LogP) is 3.96. The summed E-state index contributed by atoms with van der Waals surface area (Å²) in [6.45, 7) is 3.26. The van der Waals surface area contributed by atoms with E-state index in [9.17, 15) is 4.79 Å². The molecule has 0 saturated carbocycles. The summed E-state index contributed by atoms with van der Waals surface area (Å²) >= 11 is 0. The molecule has 0 aliphatic carbocycles. The molecule has 2 aromatic carbocycles. The Labute approximate surface area is 172 Å². The van der Waals surface area contributed by atoms with E-state index in [2.05, 4.69) is 13.0 Å². The molecule has 154 valence electrons. The van der Waals surface area contributed by atoms with Crippen LogP contribution in [0.15, 0.2) is 36.4 Å². The number of amides is 1. The molecule has 0 atom stereocenters. The molecule has 0 saturated heterocycles. The van der Waals surface area contributed by atoms with Crippen molar-refractivity contribution in [1.82, 2.24) is 4.90 Å². The van der Waals surface area contributed by atoms with Crippen LogP contribution in [-0.2, 0) is 17.8 Å². The van der Waals surface area contributed by atoms with Gasteiger partial charge in [0, 0.05) is 19.5 Å². The van der Waals surface area contributed by atoms with Crippen LogP contribution in [0.4, 0.5) is 0 Å². The van der Waals surface area contributed by atoms with E-state index >= 15 is 0 Å². The zero-order chi connectivity index (χ0) is 21.2. The summed E-state index contributed by atoms with van der Waals surface area (Å²) in [4.78, 5) is 14.7. The van der Waals surface area contributed by atoms with E-state index in [-0.39, 0.29) is 5.91 Å². The van der Waals surface area contributed by atoms with E-state index < -0.39 is 0 Å². The summed E-state index contributed by atoms with van der Waals surface area (Å²) in [6.07, 6.45) is 1.78. The third-order valence-corrected chi connectivity index (χ3v) is 4.70. The van der Waals surface area contributed by atoms with Crippen LogP contribution < -0.4 is 14.2 Å². The van der Waals surface area contributed by atoms with Crippen LogP contribution in [0.25, 0.3) is 0 Å². The first-order valence-corrected chi connectivity index (χ1v) is 9.62. The monoisotopic (exact) mass is 396 g/mol. The van der Waals surface area contributed by atoms with E-state index in [1.807, 2.05) is 29.2 Å². The van der Waals surface area contributed by atoms with Crippen LogP contribution in [0.3, 0.4) is 0 Å². The second-order valence-corrected chi connectivity index (χ2v) is 6.62. The molecule has 29 heavy (non-hydrogen) atoms. The predicted molar refractivity (Wildman–Crippen MR) is 111 cm³/mol. The Kier molecular flexibility index (Phi) is 8.35. The minimum Gasteiger partial charge on any atom is -0.493 e. The molecule has 0 N–H and O–H groups in total. The average molecular weight is 396 g/mol. The van der Waals surface area contributed by atoms with Crippen molar-refractivity contribution in [3.63, 3.8) is 0 Å². The standard InChI is InChI=1S/C23H28N2O4/c1-5-14-25(16-18-8-6-17(15-24)7-9-18)21(26)13-11-19-10-12-20(27-2)23(29-4)22(19)28-3/h6-10,12H,5,11,13-14,16H2,1-4H3. The molecule has 0 aliphatic heterocycles. The van der Waals surface area contributed by atoms with Gasteiger partial charge in [0.05, 0.1) is 33.0 Å². The molecule has 0 aliphatic rings. The summed E-state index contributed by atoms with van der Waals surface area (Å²) in [5.74, 6) is 1.79. The molecule has 2 aromatic rings. The molecule has 2 rings (SSSR count). The molecule has 0 heterocycles. The largest absolute Gasteiger partial charge is 0.493 e. The Morgan fingerprint density at radius 2 is 1.69 bits per heavy atom. The number of nitrogens with zero attached hydrogens (tertiary/aromatic N) is 2. The van der Waals surface area contributed by atoms with Crippen LogP contribution in [0.5, 0.6) is 17.2 Å². The molecule has 0 spiro atoms. The number of carbonyl (C=O) groups is 1. The van der Waals surface area contributed by atoms with Crippen LogP contribution in [0, 0.1) is 11.3 Å². The van der Waals surface area contributed by atoms with Gasteiger partial charge in [-0.25, -0.2) is 0 Å². The van der Waals surface area contributed by atoms with Crippen LogP contribution in [-0.4, -0.2) is 38.7 Å². The fourth-order valence-corrected chi connectivity index (χ4v) is 3.23. The summed E-state index contributed by atoms with van der Waals surface area (Å²) in [7, 11) is 4.72. The fourth-order valence-electron chi connectivity index (χ4n) is 3.23. The second-order valence-electron chi connectivity index (χ2n) is 6.62. The van der Waals surface area contributed by atoms with Crippen LogP contribution in [0.2, 0.25) is 0 Å². The smallest absolute Gasteiger partial charge is 0.223 e. The Morgan fingerprint density at radius 3 is 2.24 bits per heavy atom. The van der Waals surface area contributed by atoms with Gasteiger partial charge < -0.3 is 19.1 Å². The number of aryl methyl sites for hydroxylation is 1. The van der Waals surface area contributed by atoms with Crippen LogP contribution in [0.1, 0.15) is 36.5 Å². The topological polar surface area (TPSA) is 71.8 Å². The molecule has 6 nitrogen and oxygen atoms in total. The minimum atomic E-state index is 0.0769. The molecule has 0 aromatic heterocycles. The van der Waals surface area contributed by atoms with Gasteiger partial charge in [-0.1, -0.05) is 25.1 Å². The van der Waals surface area contributed by atoms with E-state index in [4.69, 9.17) is 19.5 Å². The zero-order valence-corrected chi connectivity index (χ0v) is 17.5. The fraction of sp³-hybridized carbons (Fsp3) is 0.391. The van der Waals surface area contributed by atoms with Gasteiger partial charge in [-0.2, -0.15) is 5.26 Å². The van der Waals surface area contributed by atoms with Crippen molar-refractivity contribution in [2.45, 2.75) is 32.7 Å². The first-order valence-electron chi connectivity index (χ1n) is 9.62. The maximum absolute atomic E-state index is 12.9. The summed E-state index contributed by atoms with van der Waals surface area (Å²) in [6, 6.07) is 13.2. The SMILES string of the molecule is CCCN(Cc1ccc(C#N)cc1)C(=O)CCc1ccc(OC)c(OC)c1OC. The number of nitriles is 1. The van der Waals surface area contributed by atoms with E-state index in [1.165, 1.54) is 0 Å². The number of ether oxygens (including phenoxy) is 3. The van der Waals surface area contributed by atoms with E-state index in [1.54, 1.807) is 33.5 Å². The highest BCUT2D eigenvalue weighted by atomic mass is 16.5. The Hall–Kier alpha value is -3.20. The van der Waals surface area contributed by atoms with Crippen LogP contribution >= 0.6 is 0 Å². The maximum atomic E-state index is 12.9. The van der Waals surface area contributed by atoms with Crippen molar-refractivity contribution >= 4 is 5.91 Å². The van der Waals surface area contributed by atoms with Gasteiger partial charge in [0.15, 0.2) is 11.5 Å². The lowest BCUT2D eigenvalue weighted by atomic mass is 10.1. The summed E-state index contributed by atoms with van der Waals surface area (Å²) in [5.41, 5.74) is 2.52. The van der Waals surface area contributed by atoms with Crippen molar-refractivity contribution in [1.29, 1.82) is 5.26 Å². The van der Waals surface area contributed by atoms with Gasteiger partial charge in [0.25, 0.3) is 0 Å². The van der Waals surface area contributed by atoms with E-state index in [0.29, 0.717) is 48.7 Å². The highest BCUT2D eigenvalue weighted by Gasteiger charge is 2.18. The molecule has 0 unspecified atom stereocenters. The summed E-state index contributed by atoms with van der Waals surface area (Å²) < 4.78 is 16.2. The molecule has 1 amide bonds. The number of hydrogen-bond donors (Lipinski definition) is 0. The third-order valence-electron chi connectivity index (χ3n) is 4.70. The van der Waals surface area contributed by atoms with Gasteiger partial charge in [-0.15, -0.1) is 0 Å². The minimum absolute atomic E-state index is 0.0769. The molecule has 6 heteroatoms. The highest BCUT2D eigenvalue weighted by molar-refractivity contribution is 5.76. The van der Waals surface area contributed by atoms with E-state index in [0.717, 1.165) is 17.5 Å². The molecule has 0 fully saturated rings. The lowest BCUT2D eigenvalue weighted by Gasteiger charge is -2.23. The zero-order valence-electron chi connectivity index (χ0n) is 17.5. The number of hydrogen-bond acceptors (Lipinski definition) is 5. The highest BCUT2D eigenvalue weighted by Crippen LogP contribution is 2.40. The van der Waals surface area contributed by atoms with Crippen molar-refractivity contribution < 1.29 is 19.0 Å². The first-order chi connectivity index (χ1) is 14.1. The summed E-state index contributed by atoms with van der Waals surface area (Å²) in [5, 5.41) is 8.93. The first kappa shape index (κ1) is 22.1. The average Bonchev–Trinajstić information content (AvgIpc) is 2.76. The van der Waals surface area contributed by atoms with Gasteiger partial charge in [-0.3, -0.25) is 4.79 Å². The lowest BCUT2D eigenvalue weighted by Crippen LogP contribution is -2.31. The second kappa shape index (κ2) is 11.0. The van der Waals surface area contributed by atoms with Gasteiger partial charge in [0.1, 0.15) is 0 Å². The Balaban J connectivity index is 2.11. The van der Waals surface area contributed by atoms with Gasteiger partial charge >= 0.3 is 0 Å². The molecule has 0 bridgehead atoms. The van der Waals surface area contributed by atoms with Gasteiger partial charge in [-0.05, 0) is 42.2 Å². The maximum Gasteiger partial charge on any atom is 0.223 e. The molecular formula is C23H28N2O4. The normalized spacial score (nSPS) is 10.2.